The lowest BCUT2D eigenvalue weighted by molar-refractivity contribution is -0.0141. The van der Waals surface area contributed by atoms with Crippen LogP contribution in [-0.2, 0) is 16.1 Å². The number of aromatic nitrogens is 2. The lowest BCUT2D eigenvalue weighted by atomic mass is 9.86. The van der Waals surface area contributed by atoms with E-state index in [0.717, 1.165) is 50.3 Å². The molecule has 2 bridgehead atoms. The van der Waals surface area contributed by atoms with Crippen LogP contribution in [0.1, 0.15) is 45.6 Å². The number of carbonyl (C=O) groups is 1. The molecule has 9 heteroatoms. The number of carbonyl (C=O) groups excluding carboxylic acids is 1. The Balaban J connectivity index is 1.21. The molecule has 4 aliphatic rings. The molecule has 1 aromatic rings. The summed E-state index contributed by atoms with van der Waals surface area (Å²) in [4.78, 5) is 25.2. The minimum atomic E-state index is -0.463. The fourth-order valence-corrected chi connectivity index (χ4v) is 5.77. The Kier molecular flexibility index (Phi) is 7.41. The van der Waals surface area contributed by atoms with Crippen molar-refractivity contribution in [1.82, 2.24) is 20.2 Å². The quantitative estimate of drug-likeness (QED) is 0.538. The first-order valence-corrected chi connectivity index (χ1v) is 13.0. The Labute approximate surface area is 213 Å². The maximum atomic E-state index is 11.6. The molecular formula is C27H38N6O3. The number of ether oxygens (including phenoxy) is 2. The molecule has 1 amide bonds. The summed E-state index contributed by atoms with van der Waals surface area (Å²) >= 11 is 0. The van der Waals surface area contributed by atoms with Gasteiger partial charge in [0.05, 0.1) is 18.9 Å². The van der Waals surface area contributed by atoms with Gasteiger partial charge in [0.1, 0.15) is 24.6 Å². The van der Waals surface area contributed by atoms with Gasteiger partial charge in [-0.2, -0.15) is 0 Å². The van der Waals surface area contributed by atoms with Crippen molar-refractivity contribution in [3.05, 3.63) is 47.3 Å². The van der Waals surface area contributed by atoms with Crippen LogP contribution in [0.15, 0.2) is 41.8 Å². The molecule has 3 atom stereocenters. The highest BCUT2D eigenvalue weighted by Crippen LogP contribution is 2.35. The Morgan fingerprint density at radius 2 is 2.03 bits per heavy atom. The van der Waals surface area contributed by atoms with Crippen molar-refractivity contribution in [2.24, 2.45) is 5.92 Å². The predicted octanol–water partition coefficient (Wildman–Crippen LogP) is 3.61. The molecule has 0 spiro atoms. The van der Waals surface area contributed by atoms with E-state index in [1.807, 2.05) is 0 Å². The topological polar surface area (TPSA) is 91.8 Å². The standard InChI is InChI=1S/C27H38N6O3/c1-17(2)28-10-20(23-8-5-18(3)9-19(23)4)13-35-16-33-21-6-7-22(33)12-32(11-21)26-24-14-36-27(34)31-25(24)29-15-30-26/h5,8,15,17,20-22,28H,4,6-7,9-14,16H2,1-3H3,(H,29,30,31,34)/t20-,21?,22?/m0/s1. The zero-order valence-corrected chi connectivity index (χ0v) is 21.6. The van der Waals surface area contributed by atoms with E-state index in [1.54, 1.807) is 0 Å². The van der Waals surface area contributed by atoms with E-state index < -0.39 is 6.09 Å². The first-order chi connectivity index (χ1) is 17.4. The number of cyclic esters (lactones) is 1. The summed E-state index contributed by atoms with van der Waals surface area (Å²) in [5, 5.41) is 6.28. The number of hydrogen-bond acceptors (Lipinski definition) is 8. The van der Waals surface area contributed by atoms with Crippen LogP contribution in [0.25, 0.3) is 0 Å². The second-order valence-corrected chi connectivity index (χ2v) is 10.7. The lowest BCUT2D eigenvalue weighted by Crippen LogP contribution is -2.55. The largest absolute Gasteiger partial charge is 0.444 e. The van der Waals surface area contributed by atoms with E-state index >= 15 is 0 Å². The monoisotopic (exact) mass is 494 g/mol. The van der Waals surface area contributed by atoms with Gasteiger partial charge in [-0.05, 0) is 37.3 Å². The number of nitrogens with one attached hydrogen (secondary N) is 2. The maximum absolute atomic E-state index is 11.6. The molecule has 2 unspecified atom stereocenters. The van der Waals surface area contributed by atoms with Gasteiger partial charge < -0.3 is 19.7 Å². The summed E-state index contributed by atoms with van der Waals surface area (Å²) in [6.07, 6.45) is 8.74. The van der Waals surface area contributed by atoms with E-state index in [2.05, 4.69) is 69.9 Å². The summed E-state index contributed by atoms with van der Waals surface area (Å²) in [7, 11) is 0. The summed E-state index contributed by atoms with van der Waals surface area (Å²) in [5.41, 5.74) is 4.72. The highest BCUT2D eigenvalue weighted by molar-refractivity contribution is 5.87. The number of nitrogens with zero attached hydrogens (tertiary/aromatic N) is 4. The van der Waals surface area contributed by atoms with Gasteiger partial charge in [0.2, 0.25) is 0 Å². The smallest absolute Gasteiger partial charge is 0.413 e. The maximum Gasteiger partial charge on any atom is 0.413 e. The number of piperazine rings is 1. The Morgan fingerprint density at radius 1 is 1.25 bits per heavy atom. The summed E-state index contributed by atoms with van der Waals surface area (Å²) in [5.74, 6) is 1.70. The molecule has 9 nitrogen and oxygen atoms in total. The van der Waals surface area contributed by atoms with Crippen LogP contribution in [0.4, 0.5) is 16.4 Å². The third-order valence-electron chi connectivity index (χ3n) is 7.64. The molecule has 5 rings (SSSR count). The number of rotatable bonds is 9. The van der Waals surface area contributed by atoms with Gasteiger partial charge in [-0.15, -0.1) is 0 Å². The van der Waals surface area contributed by atoms with Gasteiger partial charge in [-0.25, -0.2) is 14.8 Å². The fourth-order valence-electron chi connectivity index (χ4n) is 5.77. The average molecular weight is 495 g/mol. The predicted molar refractivity (Wildman–Crippen MR) is 140 cm³/mol. The van der Waals surface area contributed by atoms with Crippen molar-refractivity contribution in [2.75, 3.05) is 43.2 Å². The van der Waals surface area contributed by atoms with Crippen LogP contribution in [0, 0.1) is 5.92 Å². The van der Waals surface area contributed by atoms with Crippen molar-refractivity contribution < 1.29 is 14.3 Å². The SMILES string of the molecule is C=C1CC(C)=CC=C1[C@@H](CNC(C)C)COCN1C2CCC1CN(c1ncnc3c1COC(=O)N3)C2. The van der Waals surface area contributed by atoms with E-state index in [9.17, 15) is 4.79 Å². The van der Waals surface area contributed by atoms with Crippen LogP contribution < -0.4 is 15.5 Å². The number of hydrogen-bond donors (Lipinski definition) is 2. The van der Waals surface area contributed by atoms with Crippen LogP contribution in [-0.4, -0.2) is 72.1 Å². The minimum absolute atomic E-state index is 0.206. The van der Waals surface area contributed by atoms with Crippen molar-refractivity contribution in [3.8, 4) is 0 Å². The molecular weight excluding hydrogens is 456 g/mol. The second kappa shape index (κ2) is 10.7. The van der Waals surface area contributed by atoms with Gasteiger partial charge in [-0.3, -0.25) is 10.2 Å². The second-order valence-electron chi connectivity index (χ2n) is 10.7. The van der Waals surface area contributed by atoms with E-state index in [0.29, 0.717) is 37.3 Å². The van der Waals surface area contributed by atoms with Crippen LogP contribution in [0.3, 0.4) is 0 Å². The molecule has 36 heavy (non-hydrogen) atoms. The molecule has 0 saturated carbocycles. The summed E-state index contributed by atoms with van der Waals surface area (Å²) < 4.78 is 11.6. The van der Waals surface area contributed by atoms with Crippen molar-refractivity contribution in [2.45, 2.75) is 64.8 Å². The van der Waals surface area contributed by atoms with Gasteiger partial charge in [0, 0.05) is 43.7 Å². The summed E-state index contributed by atoms with van der Waals surface area (Å²) in [6, 6.07) is 1.25. The normalized spacial score (nSPS) is 24.7. The van der Waals surface area contributed by atoms with Gasteiger partial charge in [0.25, 0.3) is 0 Å². The molecule has 1 aliphatic carbocycles. The molecule has 4 heterocycles. The average Bonchev–Trinajstić information content (AvgIpc) is 3.07. The Hall–Kier alpha value is -2.75. The fraction of sp³-hybridized carbons (Fsp3) is 0.593. The third-order valence-corrected chi connectivity index (χ3v) is 7.64. The number of anilines is 2. The molecule has 3 aliphatic heterocycles. The van der Waals surface area contributed by atoms with Gasteiger partial charge in [-0.1, -0.05) is 38.2 Å². The Bertz CT molecular complexity index is 1050. The molecule has 0 aromatic carbocycles. The zero-order valence-electron chi connectivity index (χ0n) is 21.6. The number of amides is 1. The number of fused-ring (bicyclic) bond motifs is 3. The Morgan fingerprint density at radius 3 is 2.75 bits per heavy atom. The van der Waals surface area contributed by atoms with Crippen molar-refractivity contribution in [1.29, 1.82) is 0 Å². The molecule has 2 saturated heterocycles. The molecule has 1 aromatic heterocycles. The van der Waals surface area contributed by atoms with Crippen LogP contribution >= 0.6 is 0 Å². The minimum Gasteiger partial charge on any atom is -0.444 e. The van der Waals surface area contributed by atoms with Gasteiger partial charge in [0.15, 0.2) is 0 Å². The first kappa shape index (κ1) is 24.9. The highest BCUT2D eigenvalue weighted by Gasteiger charge is 2.41. The number of allylic oxidation sites excluding steroid dienone is 4. The van der Waals surface area contributed by atoms with E-state index in [-0.39, 0.29) is 12.5 Å². The van der Waals surface area contributed by atoms with E-state index in [4.69, 9.17) is 9.47 Å². The first-order valence-electron chi connectivity index (χ1n) is 13.0. The third kappa shape index (κ3) is 5.33. The highest BCUT2D eigenvalue weighted by atomic mass is 16.5. The molecule has 2 N–H and O–H groups in total. The van der Waals surface area contributed by atoms with Gasteiger partial charge >= 0.3 is 6.09 Å². The summed E-state index contributed by atoms with van der Waals surface area (Å²) in [6.45, 7) is 15.0. The lowest BCUT2D eigenvalue weighted by Gasteiger charge is -2.42. The van der Waals surface area contributed by atoms with Crippen LogP contribution in [0.5, 0.6) is 0 Å². The van der Waals surface area contributed by atoms with Crippen molar-refractivity contribution in [3.63, 3.8) is 0 Å². The van der Waals surface area contributed by atoms with Crippen molar-refractivity contribution >= 4 is 17.7 Å². The van der Waals surface area contributed by atoms with Crippen LogP contribution in [0.2, 0.25) is 0 Å². The molecule has 194 valence electrons. The molecule has 0 radical (unpaired) electrons. The zero-order chi connectivity index (χ0) is 25.2. The van der Waals surface area contributed by atoms with E-state index in [1.165, 1.54) is 23.0 Å². The molecule has 2 fully saturated rings.